The molecule has 4 bridgehead atoms. The first kappa shape index (κ1) is 26.6. The number of rotatable bonds is 10. The molecule has 4 aliphatic rings. The molecule has 1 N–H and O–H groups in total. The maximum Gasteiger partial charge on any atom is 0.338 e. The highest BCUT2D eigenvalue weighted by Gasteiger charge is 2.54. The summed E-state index contributed by atoms with van der Waals surface area (Å²) in [5, 5.41) is 0. The van der Waals surface area contributed by atoms with Gasteiger partial charge in [-0.15, -0.1) is 0 Å². The van der Waals surface area contributed by atoms with Crippen molar-refractivity contribution in [3.05, 3.63) is 90.0 Å². The Hall–Kier alpha value is -3.65. The molecule has 0 aromatic heterocycles. The van der Waals surface area contributed by atoms with E-state index in [9.17, 15) is 18.0 Å². The zero-order valence-electron chi connectivity index (χ0n) is 22.3. The summed E-state index contributed by atoms with van der Waals surface area (Å²) in [6, 6.07) is 22.0. The molecule has 0 amide bonds. The van der Waals surface area contributed by atoms with Crippen LogP contribution in [0.1, 0.15) is 54.4 Å². The number of hydrogen-bond donors (Lipinski definition) is 1. The fourth-order valence-corrected chi connectivity index (χ4v) is 8.29. The fourth-order valence-electron chi connectivity index (χ4n) is 7.18. The van der Waals surface area contributed by atoms with Crippen LogP contribution < -0.4 is 9.46 Å². The van der Waals surface area contributed by atoms with Gasteiger partial charge in [0.15, 0.2) is 12.4 Å². The van der Waals surface area contributed by atoms with Crippen LogP contribution in [-0.4, -0.2) is 26.8 Å². The van der Waals surface area contributed by atoms with E-state index in [0.717, 1.165) is 24.8 Å². The molecule has 0 saturated heterocycles. The maximum absolute atomic E-state index is 13.2. The second-order valence-corrected chi connectivity index (χ2v) is 13.3. The predicted molar refractivity (Wildman–Crippen MR) is 150 cm³/mol. The average Bonchev–Trinajstić information content (AvgIpc) is 2.95. The molecule has 4 saturated carbocycles. The molecular formula is C32H33NO6S. The summed E-state index contributed by atoms with van der Waals surface area (Å²) in [7, 11) is -3.96. The zero-order chi connectivity index (χ0) is 27.7. The van der Waals surface area contributed by atoms with Crippen molar-refractivity contribution < 1.29 is 27.5 Å². The summed E-state index contributed by atoms with van der Waals surface area (Å²) < 4.78 is 39.8. The molecule has 7 nitrogen and oxygen atoms in total. The monoisotopic (exact) mass is 559 g/mol. The molecule has 0 atom stereocenters. The number of carbonyl (C=O) groups is 2. The lowest BCUT2D eigenvalue weighted by Crippen LogP contribution is -2.51. The molecule has 4 aliphatic carbocycles. The molecule has 0 heterocycles. The lowest BCUT2D eigenvalue weighted by Gasteiger charge is -2.55. The minimum absolute atomic E-state index is 0.0154. The topological polar surface area (TPSA) is 98.8 Å². The van der Waals surface area contributed by atoms with Gasteiger partial charge in [0.2, 0.25) is 0 Å². The fraction of sp³-hybridized carbons (Fsp3) is 0.375. The number of benzene rings is 3. The number of ether oxygens (including phenoxy) is 2. The number of carbonyl (C=O) groups excluding carboxylic acids is 2. The molecule has 3 aromatic rings. The van der Waals surface area contributed by atoms with Crippen LogP contribution in [0.2, 0.25) is 0 Å². The minimum Gasteiger partial charge on any atom is -0.489 e. The first-order valence-electron chi connectivity index (χ1n) is 13.9. The van der Waals surface area contributed by atoms with Gasteiger partial charge in [-0.05, 0) is 104 Å². The molecule has 8 heteroatoms. The molecule has 4 fully saturated rings. The number of anilines is 1. The van der Waals surface area contributed by atoms with Crippen molar-refractivity contribution in [2.75, 3.05) is 11.3 Å². The van der Waals surface area contributed by atoms with E-state index in [2.05, 4.69) is 4.72 Å². The standard InChI is InChI=1S/C32H33NO6S/c34-30(32-17-23-13-24(18-32)15-25(14-23)19-32)21-39-31(35)26-7-4-8-29(16-26)40(36,37)33-27-9-11-28(12-10-27)38-20-22-5-2-1-3-6-22/h1-12,16,23-25,33H,13-15,17-21H2. The van der Waals surface area contributed by atoms with Gasteiger partial charge >= 0.3 is 5.97 Å². The highest BCUT2D eigenvalue weighted by atomic mass is 32.2. The van der Waals surface area contributed by atoms with Crippen molar-refractivity contribution in [3.63, 3.8) is 0 Å². The number of esters is 1. The second-order valence-electron chi connectivity index (χ2n) is 11.6. The Bertz CT molecular complexity index is 1460. The quantitative estimate of drug-likeness (QED) is 0.306. The van der Waals surface area contributed by atoms with Crippen LogP contribution in [0.4, 0.5) is 5.69 Å². The van der Waals surface area contributed by atoms with Gasteiger partial charge in [0.1, 0.15) is 12.4 Å². The van der Waals surface area contributed by atoms with E-state index in [1.807, 2.05) is 30.3 Å². The van der Waals surface area contributed by atoms with E-state index in [0.29, 0.717) is 35.8 Å². The van der Waals surface area contributed by atoms with Crippen molar-refractivity contribution in [1.82, 2.24) is 0 Å². The highest BCUT2D eigenvalue weighted by Crippen LogP contribution is 2.60. The Morgan fingerprint density at radius 1 is 0.825 bits per heavy atom. The summed E-state index contributed by atoms with van der Waals surface area (Å²) >= 11 is 0. The molecule has 7 rings (SSSR count). The van der Waals surface area contributed by atoms with Gasteiger partial charge in [-0.3, -0.25) is 9.52 Å². The van der Waals surface area contributed by atoms with Crippen LogP contribution in [0.25, 0.3) is 0 Å². The van der Waals surface area contributed by atoms with Crippen molar-refractivity contribution in [1.29, 1.82) is 0 Å². The predicted octanol–water partition coefficient (Wildman–Crippen LogP) is 6.01. The number of Topliss-reactive ketones (excluding diaryl/α,β-unsaturated/α-hetero) is 1. The van der Waals surface area contributed by atoms with E-state index < -0.39 is 16.0 Å². The van der Waals surface area contributed by atoms with Crippen LogP contribution in [-0.2, 0) is 26.2 Å². The highest BCUT2D eigenvalue weighted by molar-refractivity contribution is 7.92. The Morgan fingerprint density at radius 2 is 1.48 bits per heavy atom. The van der Waals surface area contributed by atoms with E-state index in [1.165, 1.54) is 43.5 Å². The van der Waals surface area contributed by atoms with Gasteiger partial charge in [0.05, 0.1) is 10.5 Å². The lowest BCUT2D eigenvalue weighted by atomic mass is 9.48. The van der Waals surface area contributed by atoms with E-state index >= 15 is 0 Å². The van der Waals surface area contributed by atoms with E-state index in [4.69, 9.17) is 9.47 Å². The normalized spacial score (nSPS) is 24.9. The average molecular weight is 560 g/mol. The van der Waals surface area contributed by atoms with E-state index in [-0.39, 0.29) is 28.3 Å². The van der Waals surface area contributed by atoms with Crippen molar-refractivity contribution in [3.8, 4) is 5.75 Å². The van der Waals surface area contributed by atoms with Crippen molar-refractivity contribution in [2.24, 2.45) is 23.2 Å². The smallest absolute Gasteiger partial charge is 0.338 e. The lowest BCUT2D eigenvalue weighted by molar-refractivity contribution is -0.147. The molecule has 208 valence electrons. The molecule has 0 unspecified atom stereocenters. The minimum atomic E-state index is -3.96. The Balaban J connectivity index is 1.06. The third-order valence-electron chi connectivity index (χ3n) is 8.70. The summed E-state index contributed by atoms with van der Waals surface area (Å²) in [6.07, 6.45) is 6.42. The summed E-state index contributed by atoms with van der Waals surface area (Å²) in [5.74, 6) is 1.80. The number of sulfonamides is 1. The third kappa shape index (κ3) is 5.63. The van der Waals surface area contributed by atoms with Crippen molar-refractivity contribution >= 4 is 27.5 Å². The maximum atomic E-state index is 13.2. The van der Waals surface area contributed by atoms with Gasteiger partial charge in [-0.1, -0.05) is 36.4 Å². The SMILES string of the molecule is O=C(OCC(=O)C12CC3CC(CC(C3)C1)C2)c1cccc(S(=O)(=O)Nc2ccc(OCc3ccccc3)cc2)c1. The molecule has 0 aliphatic heterocycles. The van der Waals surface area contributed by atoms with Gasteiger partial charge < -0.3 is 9.47 Å². The van der Waals surface area contributed by atoms with Crippen LogP contribution in [0.15, 0.2) is 83.8 Å². The third-order valence-corrected chi connectivity index (χ3v) is 10.1. The number of ketones is 1. The molecule has 40 heavy (non-hydrogen) atoms. The first-order valence-corrected chi connectivity index (χ1v) is 15.4. The van der Waals surface area contributed by atoms with Crippen molar-refractivity contribution in [2.45, 2.75) is 50.0 Å². The summed E-state index contributed by atoms with van der Waals surface area (Å²) in [5.41, 5.74) is 1.14. The van der Waals surface area contributed by atoms with Crippen LogP contribution in [0.5, 0.6) is 5.75 Å². The molecule has 3 aromatic carbocycles. The van der Waals surface area contributed by atoms with E-state index in [1.54, 1.807) is 24.3 Å². The van der Waals surface area contributed by atoms with Gasteiger partial charge in [0, 0.05) is 11.1 Å². The Morgan fingerprint density at radius 3 is 2.12 bits per heavy atom. The molecular weight excluding hydrogens is 526 g/mol. The number of hydrogen-bond acceptors (Lipinski definition) is 6. The molecule has 0 radical (unpaired) electrons. The molecule has 0 spiro atoms. The second kappa shape index (κ2) is 10.7. The Labute approximate surface area is 234 Å². The zero-order valence-corrected chi connectivity index (χ0v) is 23.1. The summed E-state index contributed by atoms with van der Waals surface area (Å²) in [6.45, 7) is 0.141. The largest absolute Gasteiger partial charge is 0.489 e. The van der Waals surface area contributed by atoms with Gasteiger partial charge in [-0.25, -0.2) is 13.2 Å². The summed E-state index contributed by atoms with van der Waals surface area (Å²) in [4.78, 5) is 25.9. The van der Waals surface area contributed by atoms with Crippen LogP contribution >= 0.6 is 0 Å². The van der Waals surface area contributed by atoms with Gasteiger partial charge in [0.25, 0.3) is 10.0 Å². The Kier molecular flexibility index (Phi) is 7.13. The first-order chi connectivity index (χ1) is 19.3. The van der Waals surface area contributed by atoms with Crippen LogP contribution in [0, 0.1) is 23.2 Å². The van der Waals surface area contributed by atoms with Gasteiger partial charge in [-0.2, -0.15) is 0 Å². The number of nitrogens with one attached hydrogen (secondary N) is 1. The van der Waals surface area contributed by atoms with Crippen LogP contribution in [0.3, 0.4) is 0 Å².